The summed E-state index contributed by atoms with van der Waals surface area (Å²) in [6.45, 7) is 2.29. The molecule has 0 heterocycles. The lowest BCUT2D eigenvalue weighted by molar-refractivity contribution is -0.122. The SMILES string of the molecule is CC(CCNC(=O)[C@@H](N)Cc1ccc(O)c(O)c1)S(C)=O. The maximum Gasteiger partial charge on any atom is 0.237 e. The van der Waals surface area contributed by atoms with Gasteiger partial charge in [-0.2, -0.15) is 0 Å². The molecule has 0 radical (unpaired) electrons. The van der Waals surface area contributed by atoms with Gasteiger partial charge in [0.1, 0.15) is 0 Å². The second-order valence-corrected chi connectivity index (χ2v) is 6.82. The maximum atomic E-state index is 11.8. The topological polar surface area (TPSA) is 113 Å². The van der Waals surface area contributed by atoms with Gasteiger partial charge in [0.15, 0.2) is 11.5 Å². The number of carbonyl (C=O) groups excluding carboxylic acids is 1. The normalized spacial score (nSPS) is 15.2. The number of phenols is 2. The first-order valence-corrected chi connectivity index (χ1v) is 8.29. The smallest absolute Gasteiger partial charge is 0.237 e. The van der Waals surface area contributed by atoms with Gasteiger partial charge in [0.25, 0.3) is 0 Å². The van der Waals surface area contributed by atoms with E-state index >= 15 is 0 Å². The molecule has 0 aromatic heterocycles. The van der Waals surface area contributed by atoms with Crippen LogP contribution in [0, 0.1) is 0 Å². The molecule has 0 bridgehead atoms. The molecule has 118 valence electrons. The van der Waals surface area contributed by atoms with Crippen molar-refractivity contribution in [2.45, 2.75) is 31.1 Å². The van der Waals surface area contributed by atoms with Crippen LogP contribution >= 0.6 is 0 Å². The number of hydrogen-bond donors (Lipinski definition) is 4. The number of rotatable bonds is 7. The van der Waals surface area contributed by atoms with Gasteiger partial charge in [0.05, 0.1) is 6.04 Å². The van der Waals surface area contributed by atoms with Gasteiger partial charge in [-0.15, -0.1) is 0 Å². The third kappa shape index (κ3) is 5.73. The molecular formula is C14H22N2O4S. The molecule has 1 aromatic rings. The van der Waals surface area contributed by atoms with E-state index < -0.39 is 16.8 Å². The van der Waals surface area contributed by atoms with Crippen molar-refractivity contribution in [2.75, 3.05) is 12.8 Å². The van der Waals surface area contributed by atoms with Gasteiger partial charge in [-0.25, -0.2) is 0 Å². The van der Waals surface area contributed by atoms with Crippen LogP contribution in [0.15, 0.2) is 18.2 Å². The van der Waals surface area contributed by atoms with Crippen molar-refractivity contribution in [1.82, 2.24) is 5.32 Å². The second kappa shape index (κ2) is 7.99. The fourth-order valence-corrected chi connectivity index (χ4v) is 2.19. The van der Waals surface area contributed by atoms with E-state index in [4.69, 9.17) is 5.73 Å². The van der Waals surface area contributed by atoms with E-state index in [0.29, 0.717) is 18.5 Å². The van der Waals surface area contributed by atoms with Gasteiger partial charge in [-0.1, -0.05) is 13.0 Å². The van der Waals surface area contributed by atoms with Crippen LogP contribution in [0.2, 0.25) is 0 Å². The van der Waals surface area contributed by atoms with Gasteiger partial charge < -0.3 is 21.3 Å². The Morgan fingerprint density at radius 3 is 2.62 bits per heavy atom. The summed E-state index contributed by atoms with van der Waals surface area (Å²) in [6.07, 6.45) is 2.52. The summed E-state index contributed by atoms with van der Waals surface area (Å²) in [6, 6.07) is 3.60. The minimum Gasteiger partial charge on any atom is -0.504 e. The second-order valence-electron chi connectivity index (χ2n) is 5.02. The third-order valence-electron chi connectivity index (χ3n) is 3.25. The van der Waals surface area contributed by atoms with E-state index in [0.717, 1.165) is 0 Å². The standard InChI is InChI=1S/C14H22N2O4S/c1-9(21(2)20)5-6-16-14(19)11(15)7-10-3-4-12(17)13(18)8-10/h3-4,8-9,11,17-18H,5-7,15H2,1-2H3,(H,16,19)/t9?,11-,21?/m0/s1. The largest absolute Gasteiger partial charge is 0.504 e. The zero-order chi connectivity index (χ0) is 16.0. The van der Waals surface area contributed by atoms with E-state index in [1.54, 1.807) is 12.3 Å². The highest BCUT2D eigenvalue weighted by atomic mass is 32.2. The molecule has 3 atom stereocenters. The predicted molar refractivity (Wildman–Crippen MR) is 82.6 cm³/mol. The zero-order valence-corrected chi connectivity index (χ0v) is 13.0. The maximum absolute atomic E-state index is 11.8. The zero-order valence-electron chi connectivity index (χ0n) is 12.2. The monoisotopic (exact) mass is 314 g/mol. The van der Waals surface area contributed by atoms with Crippen LogP contribution in [-0.4, -0.2) is 44.4 Å². The molecule has 0 spiro atoms. The molecule has 1 aromatic carbocycles. The highest BCUT2D eigenvalue weighted by Gasteiger charge is 2.15. The summed E-state index contributed by atoms with van der Waals surface area (Å²) in [7, 11) is -0.906. The molecule has 0 saturated carbocycles. The van der Waals surface area contributed by atoms with E-state index in [-0.39, 0.29) is 29.1 Å². The Bertz CT molecular complexity index is 522. The van der Waals surface area contributed by atoms with Gasteiger partial charge in [-0.05, 0) is 30.5 Å². The minimum absolute atomic E-state index is 0.0237. The van der Waals surface area contributed by atoms with Crippen LogP contribution in [0.5, 0.6) is 11.5 Å². The van der Waals surface area contributed by atoms with Crippen molar-refractivity contribution in [3.8, 4) is 11.5 Å². The third-order valence-corrected chi connectivity index (χ3v) is 4.62. The van der Waals surface area contributed by atoms with E-state index in [1.807, 2.05) is 6.92 Å². The van der Waals surface area contributed by atoms with Gasteiger partial charge in [0.2, 0.25) is 5.91 Å². The van der Waals surface area contributed by atoms with Gasteiger partial charge in [-0.3, -0.25) is 9.00 Å². The summed E-state index contributed by atoms with van der Waals surface area (Å²) in [5.41, 5.74) is 6.46. The lowest BCUT2D eigenvalue weighted by Gasteiger charge is -2.14. The Morgan fingerprint density at radius 2 is 2.05 bits per heavy atom. The fraction of sp³-hybridized carbons (Fsp3) is 0.500. The molecule has 7 heteroatoms. The number of phenolic OH excluding ortho intramolecular Hbond substituents is 2. The molecule has 21 heavy (non-hydrogen) atoms. The summed E-state index contributed by atoms with van der Waals surface area (Å²) in [4.78, 5) is 11.8. The molecular weight excluding hydrogens is 292 g/mol. The molecule has 0 aliphatic rings. The van der Waals surface area contributed by atoms with E-state index in [9.17, 15) is 19.2 Å². The minimum atomic E-state index is -0.906. The molecule has 2 unspecified atom stereocenters. The number of nitrogens with two attached hydrogens (primary N) is 1. The van der Waals surface area contributed by atoms with E-state index in [2.05, 4.69) is 5.32 Å². The van der Waals surface area contributed by atoms with Crippen LogP contribution in [0.4, 0.5) is 0 Å². The number of amides is 1. The van der Waals surface area contributed by atoms with Crippen molar-refractivity contribution in [3.05, 3.63) is 23.8 Å². The highest BCUT2D eigenvalue weighted by Crippen LogP contribution is 2.25. The Labute approximate surface area is 126 Å². The summed E-state index contributed by atoms with van der Waals surface area (Å²) < 4.78 is 11.2. The van der Waals surface area contributed by atoms with Crippen LogP contribution in [-0.2, 0) is 22.0 Å². The number of benzene rings is 1. The van der Waals surface area contributed by atoms with Crippen molar-refractivity contribution in [2.24, 2.45) is 5.73 Å². The molecule has 0 fully saturated rings. The first kappa shape index (κ1) is 17.5. The quantitative estimate of drug-likeness (QED) is 0.539. The summed E-state index contributed by atoms with van der Waals surface area (Å²) in [5, 5.41) is 21.3. The molecule has 1 rings (SSSR count). The van der Waals surface area contributed by atoms with Crippen molar-refractivity contribution in [3.63, 3.8) is 0 Å². The number of aromatic hydroxyl groups is 2. The number of hydrogen-bond acceptors (Lipinski definition) is 5. The summed E-state index contributed by atoms with van der Waals surface area (Å²) in [5.74, 6) is -0.741. The Hall–Kier alpha value is -1.60. The first-order valence-electron chi connectivity index (χ1n) is 6.67. The lowest BCUT2D eigenvalue weighted by Crippen LogP contribution is -2.42. The Morgan fingerprint density at radius 1 is 1.38 bits per heavy atom. The van der Waals surface area contributed by atoms with Gasteiger partial charge in [0, 0.05) is 28.9 Å². The molecule has 0 aliphatic heterocycles. The lowest BCUT2D eigenvalue weighted by atomic mass is 10.1. The average Bonchev–Trinajstić information content (AvgIpc) is 2.42. The Kier molecular flexibility index (Phi) is 6.64. The molecule has 6 nitrogen and oxygen atoms in total. The van der Waals surface area contributed by atoms with E-state index in [1.165, 1.54) is 12.1 Å². The molecule has 1 amide bonds. The van der Waals surface area contributed by atoms with Crippen molar-refractivity contribution in [1.29, 1.82) is 0 Å². The van der Waals surface area contributed by atoms with Crippen LogP contribution in [0.3, 0.4) is 0 Å². The fourth-order valence-electron chi connectivity index (χ4n) is 1.74. The Balaban J connectivity index is 2.43. The van der Waals surface area contributed by atoms with Crippen LogP contribution < -0.4 is 11.1 Å². The van der Waals surface area contributed by atoms with Crippen LogP contribution in [0.25, 0.3) is 0 Å². The first-order chi connectivity index (χ1) is 9.81. The van der Waals surface area contributed by atoms with Crippen molar-refractivity contribution < 1.29 is 19.2 Å². The van der Waals surface area contributed by atoms with Gasteiger partial charge >= 0.3 is 0 Å². The molecule has 0 aliphatic carbocycles. The number of nitrogens with one attached hydrogen (secondary N) is 1. The van der Waals surface area contributed by atoms with Crippen molar-refractivity contribution >= 4 is 16.7 Å². The highest BCUT2D eigenvalue weighted by molar-refractivity contribution is 7.84. The van der Waals surface area contributed by atoms with Crippen LogP contribution in [0.1, 0.15) is 18.9 Å². The average molecular weight is 314 g/mol. The summed E-state index contributed by atoms with van der Waals surface area (Å²) >= 11 is 0. The molecule has 0 saturated heterocycles. The number of carbonyl (C=O) groups is 1. The predicted octanol–water partition coefficient (Wildman–Crippen LogP) is 0.241. The molecule has 5 N–H and O–H groups in total.